The van der Waals surface area contributed by atoms with Crippen molar-refractivity contribution in [2.75, 3.05) is 39.7 Å². The Balaban J connectivity index is 1.98. The molecule has 0 aromatic heterocycles. The zero-order valence-electron chi connectivity index (χ0n) is 22.2. The van der Waals surface area contributed by atoms with Gasteiger partial charge in [0.2, 0.25) is 5.78 Å². The SMILES string of the molecule is CN(C)c1cc(C(=O)CCCO)c(O)c2c1C[C@H]1C[C@H]3[C@H](N(C)C)C(=O)C(C(N)=O)=C(O)[C@@]3(O)C(=O)C1=C2O. The van der Waals surface area contributed by atoms with Crippen molar-refractivity contribution in [2.24, 2.45) is 17.6 Å². The molecule has 0 spiro atoms. The fraction of sp³-hybridized carbons (Fsp3) is 0.481. The lowest BCUT2D eigenvalue weighted by atomic mass is 9.57. The first-order chi connectivity index (χ1) is 18.2. The normalized spacial score (nSPS) is 26.4. The summed E-state index contributed by atoms with van der Waals surface area (Å²) in [5, 5.41) is 54.3. The van der Waals surface area contributed by atoms with E-state index in [1.165, 1.54) is 25.1 Å². The highest BCUT2D eigenvalue weighted by Gasteiger charge is 2.64. The molecule has 0 heterocycles. The number of aliphatic hydroxyl groups is 4. The molecular formula is C27H33N3O9. The van der Waals surface area contributed by atoms with E-state index in [1.54, 1.807) is 19.0 Å². The standard InChI is InChI=1S/C27H33N3O9/c1-29(2)15-10-13(16(32)6-5-7-31)21(33)18-12(15)8-11-9-14-20(30(3)4)23(35)19(26(28)38)25(37)27(14,39)24(36)17(11)22(18)34/h10-11,14,20,31,33-34,37,39H,5-9H2,1-4H3,(H2,28,38)/t11-,14-,20-,27-/m0/s1. The summed E-state index contributed by atoms with van der Waals surface area (Å²) in [5.74, 6) is -8.00. The van der Waals surface area contributed by atoms with Gasteiger partial charge in [0.15, 0.2) is 17.2 Å². The molecule has 0 unspecified atom stereocenters. The zero-order valence-corrected chi connectivity index (χ0v) is 22.2. The second-order valence-corrected chi connectivity index (χ2v) is 10.8. The van der Waals surface area contributed by atoms with E-state index in [4.69, 9.17) is 10.8 Å². The van der Waals surface area contributed by atoms with Crippen LogP contribution in [0.4, 0.5) is 5.69 Å². The number of phenols is 1. The van der Waals surface area contributed by atoms with Crippen molar-refractivity contribution < 1.29 is 44.7 Å². The number of hydrogen-bond donors (Lipinski definition) is 6. The molecule has 1 fully saturated rings. The number of primary amides is 1. The van der Waals surface area contributed by atoms with E-state index in [9.17, 15) is 39.6 Å². The highest BCUT2D eigenvalue weighted by atomic mass is 16.3. The smallest absolute Gasteiger partial charge is 0.255 e. The van der Waals surface area contributed by atoms with Crippen LogP contribution in [0.3, 0.4) is 0 Å². The molecular weight excluding hydrogens is 510 g/mol. The Morgan fingerprint density at radius 3 is 2.31 bits per heavy atom. The molecule has 3 aliphatic carbocycles. The number of Topliss-reactive ketones (excluding diaryl/α,β-unsaturated/α-hetero) is 3. The summed E-state index contributed by atoms with van der Waals surface area (Å²) >= 11 is 0. The molecule has 4 atom stereocenters. The van der Waals surface area contributed by atoms with Crippen LogP contribution in [0.5, 0.6) is 5.75 Å². The fourth-order valence-corrected chi connectivity index (χ4v) is 6.28. The number of benzene rings is 1. The van der Waals surface area contributed by atoms with Crippen molar-refractivity contribution in [3.05, 3.63) is 39.7 Å². The summed E-state index contributed by atoms with van der Waals surface area (Å²) in [7, 11) is 6.49. The molecule has 7 N–H and O–H groups in total. The van der Waals surface area contributed by atoms with Gasteiger partial charge in [0, 0.05) is 44.3 Å². The number of carbonyl (C=O) groups excluding carboxylic acids is 4. The molecule has 0 bridgehead atoms. The molecule has 0 radical (unpaired) electrons. The maximum atomic E-state index is 13.9. The number of aliphatic hydroxyl groups excluding tert-OH is 3. The summed E-state index contributed by atoms with van der Waals surface area (Å²) in [6.45, 7) is -0.232. The lowest BCUT2D eigenvalue weighted by molar-refractivity contribution is -0.153. The third kappa shape index (κ3) is 4.01. The first-order valence-corrected chi connectivity index (χ1v) is 12.5. The monoisotopic (exact) mass is 543 g/mol. The summed E-state index contributed by atoms with van der Waals surface area (Å²) in [6.07, 6.45) is 0.177. The van der Waals surface area contributed by atoms with Crippen LogP contribution in [0, 0.1) is 11.8 Å². The topological polar surface area (TPSA) is 202 Å². The number of nitrogens with zero attached hydrogens (tertiary/aromatic N) is 2. The molecule has 1 amide bonds. The molecule has 1 aromatic rings. The third-order valence-corrected chi connectivity index (χ3v) is 8.04. The van der Waals surface area contributed by atoms with Crippen molar-refractivity contribution in [1.82, 2.24) is 4.90 Å². The number of aromatic hydroxyl groups is 1. The predicted octanol–water partition coefficient (Wildman–Crippen LogP) is -0.0148. The van der Waals surface area contributed by atoms with Gasteiger partial charge in [0.1, 0.15) is 22.8 Å². The van der Waals surface area contributed by atoms with Crippen molar-refractivity contribution in [3.8, 4) is 5.75 Å². The number of nitrogens with two attached hydrogens (primary N) is 1. The fourth-order valence-electron chi connectivity index (χ4n) is 6.28. The van der Waals surface area contributed by atoms with Gasteiger partial charge in [-0.3, -0.25) is 24.1 Å². The van der Waals surface area contributed by atoms with Crippen LogP contribution in [0.2, 0.25) is 0 Å². The molecule has 1 saturated carbocycles. The van der Waals surface area contributed by atoms with Crippen molar-refractivity contribution in [1.29, 1.82) is 0 Å². The van der Waals surface area contributed by atoms with Crippen LogP contribution < -0.4 is 10.6 Å². The van der Waals surface area contributed by atoms with Crippen molar-refractivity contribution in [2.45, 2.75) is 37.3 Å². The van der Waals surface area contributed by atoms with E-state index < -0.39 is 69.6 Å². The Bertz CT molecular complexity index is 1360. The lowest BCUT2D eigenvalue weighted by Gasteiger charge is -2.50. The van der Waals surface area contributed by atoms with Crippen LogP contribution in [-0.2, 0) is 20.8 Å². The quantitative estimate of drug-likeness (QED) is 0.199. The van der Waals surface area contributed by atoms with E-state index in [0.29, 0.717) is 11.3 Å². The van der Waals surface area contributed by atoms with Gasteiger partial charge in [-0.15, -0.1) is 0 Å². The second-order valence-electron chi connectivity index (χ2n) is 10.8. The first kappa shape index (κ1) is 28.3. The molecule has 12 nitrogen and oxygen atoms in total. The highest BCUT2D eigenvalue weighted by Crippen LogP contribution is 2.54. The van der Waals surface area contributed by atoms with E-state index in [-0.39, 0.29) is 49.0 Å². The minimum atomic E-state index is -2.74. The Kier molecular flexibility index (Phi) is 7.09. The molecule has 4 rings (SSSR count). The first-order valence-electron chi connectivity index (χ1n) is 12.5. The van der Waals surface area contributed by atoms with Gasteiger partial charge in [-0.25, -0.2) is 0 Å². The van der Waals surface area contributed by atoms with Gasteiger partial charge in [-0.05, 0) is 50.9 Å². The summed E-state index contributed by atoms with van der Waals surface area (Å²) < 4.78 is 0. The maximum absolute atomic E-state index is 13.9. The van der Waals surface area contributed by atoms with Gasteiger partial charge in [0.25, 0.3) is 5.91 Å². The van der Waals surface area contributed by atoms with Gasteiger partial charge in [-0.1, -0.05) is 0 Å². The molecule has 12 heteroatoms. The summed E-state index contributed by atoms with van der Waals surface area (Å²) in [5.41, 5.74) is 2.15. The number of carbonyl (C=O) groups is 4. The molecule has 210 valence electrons. The van der Waals surface area contributed by atoms with E-state index in [2.05, 4.69) is 0 Å². The summed E-state index contributed by atoms with van der Waals surface area (Å²) in [6, 6.07) is 0.323. The van der Waals surface area contributed by atoms with Gasteiger partial charge >= 0.3 is 0 Å². The maximum Gasteiger partial charge on any atom is 0.255 e. The lowest BCUT2D eigenvalue weighted by Crippen LogP contribution is -2.65. The van der Waals surface area contributed by atoms with E-state index in [1.807, 2.05) is 0 Å². The largest absolute Gasteiger partial charge is 0.508 e. The molecule has 3 aliphatic rings. The Morgan fingerprint density at radius 2 is 1.77 bits per heavy atom. The molecule has 39 heavy (non-hydrogen) atoms. The highest BCUT2D eigenvalue weighted by molar-refractivity contribution is 6.24. The van der Waals surface area contributed by atoms with E-state index in [0.717, 1.165) is 0 Å². The van der Waals surface area contributed by atoms with Crippen LogP contribution in [-0.4, -0.2) is 100 Å². The zero-order chi connectivity index (χ0) is 29.1. The van der Waals surface area contributed by atoms with Gasteiger partial charge in [0.05, 0.1) is 17.2 Å². The number of ketones is 3. The average Bonchev–Trinajstić information content (AvgIpc) is 2.84. The van der Waals surface area contributed by atoms with Crippen molar-refractivity contribution >= 4 is 34.7 Å². The Hall–Kier alpha value is -3.74. The van der Waals surface area contributed by atoms with Crippen molar-refractivity contribution in [3.63, 3.8) is 0 Å². The minimum Gasteiger partial charge on any atom is -0.508 e. The van der Waals surface area contributed by atoms with Crippen LogP contribution in [0.25, 0.3) is 5.76 Å². The van der Waals surface area contributed by atoms with Gasteiger partial charge in [-0.2, -0.15) is 0 Å². The molecule has 0 saturated heterocycles. The number of hydrogen-bond acceptors (Lipinski definition) is 11. The van der Waals surface area contributed by atoms with Crippen LogP contribution >= 0.6 is 0 Å². The number of amides is 1. The third-order valence-electron chi connectivity index (χ3n) is 8.04. The minimum absolute atomic E-state index is 0.0312. The second kappa shape index (κ2) is 9.78. The number of phenolic OH excluding ortho intramolecular Hbond substituents is 1. The van der Waals surface area contributed by atoms with Crippen LogP contribution in [0.15, 0.2) is 23.0 Å². The number of rotatable bonds is 7. The van der Waals surface area contributed by atoms with E-state index >= 15 is 0 Å². The van der Waals surface area contributed by atoms with Crippen LogP contribution in [0.1, 0.15) is 40.7 Å². The number of fused-ring (bicyclic) bond motifs is 3. The molecule has 1 aromatic carbocycles. The Labute approximate surface area is 224 Å². The summed E-state index contributed by atoms with van der Waals surface area (Å²) in [4.78, 5) is 55.2. The number of anilines is 1. The average molecular weight is 544 g/mol. The molecule has 0 aliphatic heterocycles. The predicted molar refractivity (Wildman–Crippen MR) is 139 cm³/mol. The Morgan fingerprint density at radius 1 is 1.13 bits per heavy atom. The number of likely N-dealkylation sites (N-methyl/N-ethyl adjacent to an activating group) is 1. The van der Waals surface area contributed by atoms with Gasteiger partial charge < -0.3 is 36.2 Å².